The van der Waals surface area contributed by atoms with Crippen LogP contribution in [0.25, 0.3) is 0 Å². The van der Waals surface area contributed by atoms with Gasteiger partial charge < -0.3 is 15.4 Å². The van der Waals surface area contributed by atoms with Crippen LogP contribution in [0.1, 0.15) is 36.5 Å². The van der Waals surface area contributed by atoms with Crippen molar-refractivity contribution in [3.05, 3.63) is 29.8 Å². The lowest BCUT2D eigenvalue weighted by molar-refractivity contribution is 0.0526. The number of benzene rings is 1. The van der Waals surface area contributed by atoms with Crippen molar-refractivity contribution in [1.29, 1.82) is 0 Å². The minimum atomic E-state index is -0.261. The number of esters is 1. The number of ether oxygens (including phenoxy) is 1. The first kappa shape index (κ1) is 13.9. The Kier molecular flexibility index (Phi) is 5.21. The Morgan fingerprint density at radius 3 is 2.79 bits per heavy atom. The summed E-state index contributed by atoms with van der Waals surface area (Å²) in [7, 11) is 0. The normalized spacial score (nSPS) is 18.9. The molecule has 1 atom stereocenters. The third kappa shape index (κ3) is 4.24. The second kappa shape index (κ2) is 7.14. The van der Waals surface area contributed by atoms with E-state index in [1.807, 2.05) is 19.1 Å². The summed E-state index contributed by atoms with van der Waals surface area (Å²) in [6.07, 6.45) is 3.82. The van der Waals surface area contributed by atoms with Gasteiger partial charge in [0.05, 0.1) is 12.2 Å². The average molecular weight is 262 g/mol. The fourth-order valence-corrected chi connectivity index (χ4v) is 2.28. The molecule has 2 rings (SSSR count). The highest BCUT2D eigenvalue weighted by Gasteiger charge is 2.12. The molecule has 1 aliphatic heterocycles. The topological polar surface area (TPSA) is 50.4 Å². The first-order valence-corrected chi connectivity index (χ1v) is 7.04. The predicted octanol–water partition coefficient (Wildman–Crippen LogP) is 2.42. The fraction of sp³-hybridized carbons (Fsp3) is 0.533. The lowest BCUT2D eigenvalue weighted by Crippen LogP contribution is -2.39. The number of carbonyl (C=O) groups excluding carboxylic acids is 1. The maximum Gasteiger partial charge on any atom is 0.338 e. The lowest BCUT2D eigenvalue weighted by atomic mass is 10.1. The average Bonchev–Trinajstić information content (AvgIpc) is 2.47. The standard InChI is InChI=1S/C15H22N2O2/c1-2-19-15(18)12-6-8-13(9-7-12)17-11-14-5-3-4-10-16-14/h6-9,14,16-17H,2-5,10-11H2,1H3/t14-/m1/s1. The summed E-state index contributed by atoms with van der Waals surface area (Å²) in [6, 6.07) is 8.01. The summed E-state index contributed by atoms with van der Waals surface area (Å²) in [5.74, 6) is -0.261. The van der Waals surface area contributed by atoms with Crippen molar-refractivity contribution >= 4 is 11.7 Å². The Hall–Kier alpha value is -1.55. The predicted molar refractivity (Wildman–Crippen MR) is 76.5 cm³/mol. The van der Waals surface area contributed by atoms with Crippen LogP contribution < -0.4 is 10.6 Å². The molecule has 1 saturated heterocycles. The molecule has 4 heteroatoms. The summed E-state index contributed by atoms with van der Waals surface area (Å²) >= 11 is 0. The molecule has 1 aliphatic rings. The van der Waals surface area contributed by atoms with Gasteiger partial charge in [-0.05, 0) is 50.6 Å². The van der Waals surface area contributed by atoms with Crippen molar-refractivity contribution in [1.82, 2.24) is 5.32 Å². The molecule has 1 heterocycles. The van der Waals surface area contributed by atoms with Gasteiger partial charge in [0.25, 0.3) is 0 Å². The van der Waals surface area contributed by atoms with Gasteiger partial charge in [0, 0.05) is 18.3 Å². The first-order chi connectivity index (χ1) is 9.29. The molecule has 0 amide bonds. The molecule has 0 radical (unpaired) electrons. The number of piperidine rings is 1. The van der Waals surface area contributed by atoms with Crippen LogP contribution in [0.5, 0.6) is 0 Å². The number of carbonyl (C=O) groups is 1. The second-order valence-electron chi connectivity index (χ2n) is 4.83. The number of nitrogens with one attached hydrogen (secondary N) is 2. The van der Waals surface area contributed by atoms with Crippen LogP contribution in [-0.4, -0.2) is 31.7 Å². The minimum absolute atomic E-state index is 0.261. The maximum atomic E-state index is 11.5. The van der Waals surface area contributed by atoms with Gasteiger partial charge in [0.1, 0.15) is 0 Å². The fourth-order valence-electron chi connectivity index (χ4n) is 2.28. The van der Waals surface area contributed by atoms with Gasteiger partial charge in [-0.1, -0.05) is 6.42 Å². The summed E-state index contributed by atoms with van der Waals surface area (Å²) in [4.78, 5) is 11.5. The summed E-state index contributed by atoms with van der Waals surface area (Å²) < 4.78 is 4.95. The van der Waals surface area contributed by atoms with Gasteiger partial charge >= 0.3 is 5.97 Å². The largest absolute Gasteiger partial charge is 0.462 e. The molecule has 19 heavy (non-hydrogen) atoms. The second-order valence-corrected chi connectivity index (χ2v) is 4.83. The van der Waals surface area contributed by atoms with Crippen LogP contribution in [0.4, 0.5) is 5.69 Å². The van der Waals surface area contributed by atoms with Crippen molar-refractivity contribution in [3.63, 3.8) is 0 Å². The van der Waals surface area contributed by atoms with Gasteiger partial charge in [-0.2, -0.15) is 0 Å². The Bertz CT molecular complexity index is 397. The molecule has 0 unspecified atom stereocenters. The SMILES string of the molecule is CCOC(=O)c1ccc(NC[C@H]2CCCCN2)cc1. The summed E-state index contributed by atoms with van der Waals surface area (Å²) in [6.45, 7) is 4.27. The van der Waals surface area contributed by atoms with Crippen LogP contribution in [0, 0.1) is 0 Å². The van der Waals surface area contributed by atoms with E-state index in [0.717, 1.165) is 18.8 Å². The quantitative estimate of drug-likeness (QED) is 0.800. The molecule has 1 aromatic rings. The lowest BCUT2D eigenvalue weighted by Gasteiger charge is -2.24. The molecule has 0 aliphatic carbocycles. The molecule has 104 valence electrons. The van der Waals surface area contributed by atoms with Crippen LogP contribution >= 0.6 is 0 Å². The molecular weight excluding hydrogens is 240 g/mol. The molecule has 1 fully saturated rings. The first-order valence-electron chi connectivity index (χ1n) is 7.04. The van der Waals surface area contributed by atoms with E-state index in [1.54, 1.807) is 12.1 Å². The molecule has 0 bridgehead atoms. The number of hydrogen-bond acceptors (Lipinski definition) is 4. The highest BCUT2D eigenvalue weighted by Crippen LogP contribution is 2.12. The van der Waals surface area contributed by atoms with Gasteiger partial charge in [-0.25, -0.2) is 4.79 Å². The summed E-state index contributed by atoms with van der Waals surface area (Å²) in [5, 5.41) is 6.90. The van der Waals surface area contributed by atoms with E-state index in [2.05, 4.69) is 10.6 Å². The molecule has 4 nitrogen and oxygen atoms in total. The third-order valence-electron chi connectivity index (χ3n) is 3.36. The van der Waals surface area contributed by atoms with E-state index in [-0.39, 0.29) is 5.97 Å². The van der Waals surface area contributed by atoms with Crippen LogP contribution in [-0.2, 0) is 4.74 Å². The Labute approximate surface area is 114 Å². The van der Waals surface area contributed by atoms with Crippen molar-refractivity contribution < 1.29 is 9.53 Å². The van der Waals surface area contributed by atoms with Gasteiger partial charge in [0.2, 0.25) is 0 Å². The van der Waals surface area contributed by atoms with E-state index >= 15 is 0 Å². The van der Waals surface area contributed by atoms with Crippen molar-refractivity contribution in [3.8, 4) is 0 Å². The van der Waals surface area contributed by atoms with E-state index in [4.69, 9.17) is 4.74 Å². The minimum Gasteiger partial charge on any atom is -0.462 e. The zero-order valence-electron chi connectivity index (χ0n) is 11.4. The van der Waals surface area contributed by atoms with Crippen molar-refractivity contribution in [2.24, 2.45) is 0 Å². The van der Waals surface area contributed by atoms with E-state index in [1.165, 1.54) is 19.3 Å². The zero-order chi connectivity index (χ0) is 13.5. The Morgan fingerprint density at radius 1 is 1.37 bits per heavy atom. The molecular formula is C15H22N2O2. The van der Waals surface area contributed by atoms with E-state index in [0.29, 0.717) is 18.2 Å². The van der Waals surface area contributed by atoms with Crippen LogP contribution in [0.15, 0.2) is 24.3 Å². The molecule has 0 saturated carbocycles. The van der Waals surface area contributed by atoms with Gasteiger partial charge in [0.15, 0.2) is 0 Å². The Morgan fingerprint density at radius 2 is 2.16 bits per heavy atom. The Balaban J connectivity index is 1.82. The van der Waals surface area contributed by atoms with Crippen molar-refractivity contribution in [2.75, 3.05) is 25.0 Å². The monoisotopic (exact) mass is 262 g/mol. The molecule has 1 aromatic carbocycles. The summed E-state index contributed by atoms with van der Waals surface area (Å²) in [5.41, 5.74) is 1.64. The number of hydrogen-bond donors (Lipinski definition) is 2. The smallest absolute Gasteiger partial charge is 0.338 e. The van der Waals surface area contributed by atoms with Crippen LogP contribution in [0.3, 0.4) is 0 Å². The van der Waals surface area contributed by atoms with E-state index < -0.39 is 0 Å². The van der Waals surface area contributed by atoms with Crippen molar-refractivity contribution in [2.45, 2.75) is 32.2 Å². The highest BCUT2D eigenvalue weighted by molar-refractivity contribution is 5.89. The zero-order valence-corrected chi connectivity index (χ0v) is 11.4. The molecule has 2 N–H and O–H groups in total. The number of anilines is 1. The third-order valence-corrected chi connectivity index (χ3v) is 3.36. The molecule has 0 spiro atoms. The molecule has 0 aromatic heterocycles. The van der Waals surface area contributed by atoms with E-state index in [9.17, 15) is 4.79 Å². The highest BCUT2D eigenvalue weighted by atomic mass is 16.5. The van der Waals surface area contributed by atoms with Gasteiger partial charge in [-0.3, -0.25) is 0 Å². The van der Waals surface area contributed by atoms with Crippen LogP contribution in [0.2, 0.25) is 0 Å². The maximum absolute atomic E-state index is 11.5. The van der Waals surface area contributed by atoms with Gasteiger partial charge in [-0.15, -0.1) is 0 Å². The number of rotatable bonds is 5.